The van der Waals surface area contributed by atoms with E-state index >= 15 is 0 Å². The van der Waals surface area contributed by atoms with Crippen molar-refractivity contribution in [1.82, 2.24) is 14.8 Å². The molecule has 0 atom stereocenters. The van der Waals surface area contributed by atoms with Gasteiger partial charge in [-0.05, 0) is 24.3 Å². The quantitative estimate of drug-likeness (QED) is 0.248. The largest absolute Gasteiger partial charge is 0.273 e. The maximum Gasteiger partial charge on any atom is 0.273 e. The molecule has 8 heteroatoms. The van der Waals surface area contributed by atoms with Crippen molar-refractivity contribution in [2.24, 2.45) is 0 Å². The van der Waals surface area contributed by atoms with Crippen LogP contribution in [0.5, 0.6) is 0 Å². The summed E-state index contributed by atoms with van der Waals surface area (Å²) in [6.45, 7) is 0. The number of hydrogen-bond donors (Lipinski definition) is 0. The molecular formula is C21H15FN4O2S. The molecule has 0 unspecified atom stereocenters. The van der Waals surface area contributed by atoms with Gasteiger partial charge in [0.25, 0.3) is 5.69 Å². The number of aromatic nitrogens is 3. The van der Waals surface area contributed by atoms with Crippen LogP contribution in [0.4, 0.5) is 10.1 Å². The number of rotatable bonds is 6. The second-order valence-corrected chi connectivity index (χ2v) is 7.10. The van der Waals surface area contributed by atoms with Gasteiger partial charge in [-0.3, -0.25) is 14.7 Å². The van der Waals surface area contributed by atoms with Crippen molar-refractivity contribution < 1.29 is 9.31 Å². The van der Waals surface area contributed by atoms with Gasteiger partial charge in [-0.15, -0.1) is 10.2 Å². The van der Waals surface area contributed by atoms with Gasteiger partial charge < -0.3 is 0 Å². The monoisotopic (exact) mass is 406 g/mol. The fourth-order valence-electron chi connectivity index (χ4n) is 2.91. The first-order valence-electron chi connectivity index (χ1n) is 8.75. The molecule has 0 spiro atoms. The molecule has 0 aliphatic rings. The van der Waals surface area contributed by atoms with Crippen molar-refractivity contribution in [1.29, 1.82) is 0 Å². The van der Waals surface area contributed by atoms with Crippen molar-refractivity contribution in [3.63, 3.8) is 0 Å². The van der Waals surface area contributed by atoms with Gasteiger partial charge in [0.05, 0.1) is 4.92 Å². The molecular weight excluding hydrogens is 391 g/mol. The van der Waals surface area contributed by atoms with E-state index in [1.165, 1.54) is 30.0 Å². The van der Waals surface area contributed by atoms with Gasteiger partial charge in [-0.2, -0.15) is 0 Å². The zero-order valence-electron chi connectivity index (χ0n) is 15.1. The summed E-state index contributed by atoms with van der Waals surface area (Å²) in [5.41, 5.74) is 2.23. The average molecular weight is 406 g/mol. The molecule has 144 valence electrons. The minimum absolute atomic E-state index is 0.0659. The summed E-state index contributed by atoms with van der Waals surface area (Å²) in [5.74, 6) is 0.630. The van der Waals surface area contributed by atoms with E-state index in [4.69, 9.17) is 0 Å². The lowest BCUT2D eigenvalue weighted by Crippen LogP contribution is -2.00. The fourth-order valence-corrected chi connectivity index (χ4v) is 3.86. The molecule has 0 radical (unpaired) electrons. The highest BCUT2D eigenvalue weighted by Gasteiger charge is 2.18. The third kappa shape index (κ3) is 4.02. The van der Waals surface area contributed by atoms with E-state index in [0.29, 0.717) is 28.0 Å². The predicted molar refractivity (Wildman–Crippen MR) is 109 cm³/mol. The number of halogens is 1. The number of nitro benzene ring substituents is 1. The Kier molecular flexibility index (Phi) is 5.35. The van der Waals surface area contributed by atoms with E-state index in [-0.39, 0.29) is 11.5 Å². The van der Waals surface area contributed by atoms with E-state index in [2.05, 4.69) is 10.2 Å². The number of para-hydroxylation sites is 1. The summed E-state index contributed by atoms with van der Waals surface area (Å²) in [5, 5.41) is 20.4. The van der Waals surface area contributed by atoms with Gasteiger partial charge in [0.15, 0.2) is 11.0 Å². The molecule has 0 aliphatic carbocycles. The number of nitro groups is 1. The molecule has 4 aromatic rings. The fraction of sp³-hybridized carbons (Fsp3) is 0.0476. The van der Waals surface area contributed by atoms with Gasteiger partial charge >= 0.3 is 0 Å². The number of benzene rings is 3. The van der Waals surface area contributed by atoms with Crippen LogP contribution in [0.3, 0.4) is 0 Å². The van der Waals surface area contributed by atoms with Gasteiger partial charge in [0, 0.05) is 28.6 Å². The zero-order valence-corrected chi connectivity index (χ0v) is 15.9. The molecule has 3 aromatic carbocycles. The lowest BCUT2D eigenvalue weighted by atomic mass is 10.2. The Morgan fingerprint density at radius 1 is 0.931 bits per heavy atom. The van der Waals surface area contributed by atoms with Gasteiger partial charge in [-0.25, -0.2) is 4.39 Å². The molecule has 0 N–H and O–H groups in total. The van der Waals surface area contributed by atoms with E-state index in [1.54, 1.807) is 30.3 Å². The number of hydrogen-bond acceptors (Lipinski definition) is 5. The van der Waals surface area contributed by atoms with Crippen molar-refractivity contribution in [3.05, 3.63) is 100 Å². The van der Waals surface area contributed by atoms with E-state index < -0.39 is 4.92 Å². The van der Waals surface area contributed by atoms with Crippen LogP contribution in [0.2, 0.25) is 0 Å². The van der Waals surface area contributed by atoms with Crippen LogP contribution in [0.1, 0.15) is 5.56 Å². The molecule has 0 bridgehead atoms. The predicted octanol–water partition coefficient (Wildman–Crippen LogP) is 5.27. The van der Waals surface area contributed by atoms with Crippen LogP contribution in [-0.4, -0.2) is 19.7 Å². The second kappa shape index (κ2) is 8.24. The molecule has 4 rings (SSSR count). The Labute approximate surface area is 170 Å². The molecule has 0 fully saturated rings. The maximum absolute atomic E-state index is 13.4. The minimum Gasteiger partial charge on any atom is -0.270 e. The third-order valence-corrected chi connectivity index (χ3v) is 5.27. The van der Waals surface area contributed by atoms with Crippen LogP contribution < -0.4 is 0 Å². The van der Waals surface area contributed by atoms with Crippen LogP contribution in [0.15, 0.2) is 84.0 Å². The summed E-state index contributed by atoms with van der Waals surface area (Å²) in [6.07, 6.45) is 0. The topological polar surface area (TPSA) is 73.8 Å². The van der Waals surface area contributed by atoms with E-state index in [0.717, 1.165) is 5.56 Å². The zero-order chi connectivity index (χ0) is 20.2. The molecule has 0 amide bonds. The molecule has 0 saturated heterocycles. The lowest BCUT2D eigenvalue weighted by Gasteiger charge is -2.10. The molecule has 6 nitrogen and oxygen atoms in total. The van der Waals surface area contributed by atoms with Gasteiger partial charge in [-0.1, -0.05) is 60.3 Å². The lowest BCUT2D eigenvalue weighted by molar-refractivity contribution is -0.385. The smallest absolute Gasteiger partial charge is 0.270 e. The van der Waals surface area contributed by atoms with Gasteiger partial charge in [0.2, 0.25) is 0 Å². The summed E-state index contributed by atoms with van der Waals surface area (Å²) in [7, 11) is 0. The van der Waals surface area contributed by atoms with Crippen LogP contribution in [0, 0.1) is 15.9 Å². The minimum atomic E-state index is -0.393. The standard InChI is InChI=1S/C21H15FN4O2S/c22-17-10-12-18(13-11-17)25-20(15-6-2-1-3-7-15)23-24-21(25)29-14-16-8-4-5-9-19(16)26(27)28/h1-13H,14H2. The Morgan fingerprint density at radius 3 is 2.34 bits per heavy atom. The summed E-state index contributed by atoms with van der Waals surface area (Å²) < 4.78 is 15.3. The Hall–Kier alpha value is -3.52. The maximum atomic E-state index is 13.4. The second-order valence-electron chi connectivity index (χ2n) is 6.16. The van der Waals surface area contributed by atoms with E-state index in [1.807, 2.05) is 34.9 Å². The first kappa shape index (κ1) is 18.8. The number of thioether (sulfide) groups is 1. The van der Waals surface area contributed by atoms with Crippen molar-refractivity contribution in [3.8, 4) is 17.1 Å². The Bertz CT molecular complexity index is 1150. The van der Waals surface area contributed by atoms with E-state index in [9.17, 15) is 14.5 Å². The summed E-state index contributed by atoms with van der Waals surface area (Å²) >= 11 is 1.34. The molecule has 1 heterocycles. The van der Waals surface area contributed by atoms with Crippen molar-refractivity contribution in [2.75, 3.05) is 0 Å². The number of nitrogens with zero attached hydrogens (tertiary/aromatic N) is 4. The SMILES string of the molecule is O=[N+]([O-])c1ccccc1CSc1nnc(-c2ccccc2)n1-c1ccc(F)cc1. The van der Waals surface area contributed by atoms with Crippen LogP contribution in [0.25, 0.3) is 17.1 Å². The van der Waals surface area contributed by atoms with Crippen LogP contribution in [-0.2, 0) is 5.75 Å². The van der Waals surface area contributed by atoms with Crippen molar-refractivity contribution >= 4 is 17.4 Å². The third-order valence-electron chi connectivity index (χ3n) is 4.30. The summed E-state index contributed by atoms with van der Waals surface area (Å²) in [6, 6.07) is 22.2. The molecule has 29 heavy (non-hydrogen) atoms. The first-order chi connectivity index (χ1) is 14.1. The molecule has 1 aromatic heterocycles. The highest BCUT2D eigenvalue weighted by molar-refractivity contribution is 7.98. The average Bonchev–Trinajstić information content (AvgIpc) is 3.17. The molecule has 0 aliphatic heterocycles. The Morgan fingerprint density at radius 2 is 1.62 bits per heavy atom. The Balaban J connectivity index is 1.73. The normalized spacial score (nSPS) is 10.8. The highest BCUT2D eigenvalue weighted by atomic mass is 32.2. The first-order valence-corrected chi connectivity index (χ1v) is 9.74. The molecule has 0 saturated carbocycles. The van der Waals surface area contributed by atoms with Crippen LogP contribution >= 0.6 is 11.8 Å². The highest BCUT2D eigenvalue weighted by Crippen LogP contribution is 2.31. The summed E-state index contributed by atoms with van der Waals surface area (Å²) in [4.78, 5) is 10.9. The van der Waals surface area contributed by atoms with Gasteiger partial charge in [0.1, 0.15) is 5.82 Å². The van der Waals surface area contributed by atoms with Crippen molar-refractivity contribution in [2.45, 2.75) is 10.9 Å².